The van der Waals surface area contributed by atoms with Crippen LogP contribution in [0.4, 0.5) is 5.69 Å². The lowest BCUT2D eigenvalue weighted by atomic mass is 9.95. The minimum absolute atomic E-state index is 0.0126. The summed E-state index contributed by atoms with van der Waals surface area (Å²) in [6.07, 6.45) is 4.99. The molecular weight excluding hydrogens is 609 g/mol. The van der Waals surface area contributed by atoms with E-state index in [0.717, 1.165) is 42.0 Å². The van der Waals surface area contributed by atoms with Crippen LogP contribution in [-0.4, -0.2) is 50.9 Å². The first-order valence-electron chi connectivity index (χ1n) is 14.3. The average molecular weight is 647 g/mol. The Labute approximate surface area is 264 Å². The molecule has 0 aromatic heterocycles. The minimum Gasteiger partial charge on any atom is -0.495 e. The zero-order chi connectivity index (χ0) is 31.1. The Morgan fingerprint density at radius 2 is 1.65 bits per heavy atom. The highest BCUT2D eigenvalue weighted by Gasteiger charge is 2.33. The Balaban J connectivity index is 1.71. The van der Waals surface area contributed by atoms with E-state index >= 15 is 0 Å². The third-order valence-electron chi connectivity index (χ3n) is 7.73. The molecule has 0 radical (unpaired) electrons. The molecule has 1 aliphatic carbocycles. The molecule has 1 atom stereocenters. The van der Waals surface area contributed by atoms with Gasteiger partial charge in [0, 0.05) is 17.6 Å². The van der Waals surface area contributed by atoms with Crippen molar-refractivity contribution in [2.75, 3.05) is 18.0 Å². The van der Waals surface area contributed by atoms with Gasteiger partial charge >= 0.3 is 0 Å². The van der Waals surface area contributed by atoms with E-state index in [-0.39, 0.29) is 34.1 Å². The number of hydrogen-bond donors (Lipinski definition) is 1. The van der Waals surface area contributed by atoms with Crippen molar-refractivity contribution in [3.8, 4) is 5.75 Å². The standard InChI is InChI=1S/C32H37Cl2N3O5S/c1-22-13-16-27(17-14-22)43(40,41)37(26-15-18-30(42-3)29(34)19-26)21-31(38)36(20-24-9-7-8-12-28(24)33)23(2)32(39)35-25-10-5-4-6-11-25/h7-9,12-19,23,25H,4-6,10-11,20-21H2,1-3H3,(H,35,39)/t23-/m0/s1. The molecule has 0 spiro atoms. The fraction of sp³-hybridized carbons (Fsp3) is 0.375. The van der Waals surface area contributed by atoms with Gasteiger partial charge in [0.05, 0.1) is 22.7 Å². The number of amides is 2. The Hall–Kier alpha value is -3.27. The fourth-order valence-electron chi connectivity index (χ4n) is 5.14. The molecule has 2 amide bonds. The van der Waals surface area contributed by atoms with Gasteiger partial charge in [0.15, 0.2) is 0 Å². The van der Waals surface area contributed by atoms with E-state index in [9.17, 15) is 18.0 Å². The van der Waals surface area contributed by atoms with Crippen molar-refractivity contribution in [1.29, 1.82) is 0 Å². The highest BCUT2D eigenvalue weighted by Crippen LogP contribution is 2.32. The van der Waals surface area contributed by atoms with Gasteiger partial charge in [-0.15, -0.1) is 0 Å². The number of sulfonamides is 1. The van der Waals surface area contributed by atoms with Crippen molar-refractivity contribution in [2.45, 2.75) is 69.5 Å². The van der Waals surface area contributed by atoms with Crippen molar-refractivity contribution < 1.29 is 22.7 Å². The summed E-state index contributed by atoms with van der Waals surface area (Å²) >= 11 is 12.8. The average Bonchev–Trinajstić information content (AvgIpc) is 2.99. The van der Waals surface area contributed by atoms with Gasteiger partial charge in [-0.2, -0.15) is 0 Å². The molecule has 0 heterocycles. The van der Waals surface area contributed by atoms with Gasteiger partial charge in [-0.3, -0.25) is 13.9 Å². The number of carbonyl (C=O) groups is 2. The zero-order valence-electron chi connectivity index (χ0n) is 24.6. The van der Waals surface area contributed by atoms with Crippen LogP contribution in [0.15, 0.2) is 71.6 Å². The number of carbonyl (C=O) groups excluding carboxylic acids is 2. The summed E-state index contributed by atoms with van der Waals surface area (Å²) in [6.45, 7) is 2.94. The van der Waals surface area contributed by atoms with Crippen molar-refractivity contribution in [3.63, 3.8) is 0 Å². The fourth-order valence-corrected chi connectivity index (χ4v) is 6.99. The maximum Gasteiger partial charge on any atom is 0.264 e. The lowest BCUT2D eigenvalue weighted by Gasteiger charge is -2.33. The number of nitrogens with zero attached hydrogens (tertiary/aromatic N) is 2. The minimum atomic E-state index is -4.23. The number of anilines is 1. The summed E-state index contributed by atoms with van der Waals surface area (Å²) in [7, 11) is -2.77. The van der Waals surface area contributed by atoms with E-state index in [4.69, 9.17) is 27.9 Å². The summed E-state index contributed by atoms with van der Waals surface area (Å²) in [5, 5.41) is 3.71. The SMILES string of the molecule is COc1ccc(N(CC(=O)N(Cc2ccccc2Cl)[C@@H](C)C(=O)NC2CCCCC2)S(=O)(=O)c2ccc(C)cc2)cc1Cl. The van der Waals surface area contributed by atoms with E-state index in [0.29, 0.717) is 16.3 Å². The number of methoxy groups -OCH3 is 1. The molecule has 11 heteroatoms. The molecule has 4 rings (SSSR count). The van der Waals surface area contributed by atoms with Crippen LogP contribution in [0, 0.1) is 6.92 Å². The number of halogens is 2. The van der Waals surface area contributed by atoms with Crippen LogP contribution in [0.5, 0.6) is 5.75 Å². The van der Waals surface area contributed by atoms with E-state index in [1.807, 2.05) is 6.92 Å². The third-order valence-corrected chi connectivity index (χ3v) is 10.2. The second-order valence-corrected chi connectivity index (χ2v) is 13.5. The molecule has 3 aromatic rings. The first-order chi connectivity index (χ1) is 20.5. The topological polar surface area (TPSA) is 96.0 Å². The monoisotopic (exact) mass is 645 g/mol. The highest BCUT2D eigenvalue weighted by molar-refractivity contribution is 7.92. The quantitative estimate of drug-likeness (QED) is 0.261. The van der Waals surface area contributed by atoms with Crippen molar-refractivity contribution in [3.05, 3.63) is 87.9 Å². The predicted octanol–water partition coefficient (Wildman–Crippen LogP) is 6.37. The molecule has 0 unspecified atom stereocenters. The summed E-state index contributed by atoms with van der Waals surface area (Å²) in [5.74, 6) is -0.514. The first-order valence-corrected chi connectivity index (χ1v) is 16.5. The normalized spacial score (nSPS) is 14.5. The van der Waals surface area contributed by atoms with Crippen LogP contribution in [0.3, 0.4) is 0 Å². The van der Waals surface area contributed by atoms with Crippen LogP contribution >= 0.6 is 23.2 Å². The maximum atomic E-state index is 14.2. The summed E-state index contributed by atoms with van der Waals surface area (Å²) in [4.78, 5) is 29.0. The Morgan fingerprint density at radius 3 is 2.28 bits per heavy atom. The Bertz CT molecular complexity index is 1540. The summed E-state index contributed by atoms with van der Waals surface area (Å²) in [6, 6.07) is 17.1. The Morgan fingerprint density at radius 1 is 0.977 bits per heavy atom. The Kier molecular flexibility index (Phi) is 11.0. The molecule has 0 aliphatic heterocycles. The molecule has 1 N–H and O–H groups in total. The molecule has 1 aliphatic rings. The molecule has 1 saturated carbocycles. The third kappa shape index (κ3) is 8.02. The van der Waals surface area contributed by atoms with E-state index < -0.39 is 28.5 Å². The molecular formula is C32H37Cl2N3O5S. The summed E-state index contributed by atoms with van der Waals surface area (Å²) in [5.41, 5.74) is 1.70. The van der Waals surface area contributed by atoms with Crippen molar-refractivity contribution in [1.82, 2.24) is 10.2 Å². The lowest BCUT2D eigenvalue weighted by Crippen LogP contribution is -2.53. The van der Waals surface area contributed by atoms with Gasteiger partial charge < -0.3 is 15.0 Å². The number of aryl methyl sites for hydroxylation is 1. The van der Waals surface area contributed by atoms with E-state index in [1.54, 1.807) is 49.4 Å². The van der Waals surface area contributed by atoms with Gasteiger partial charge in [0.2, 0.25) is 11.8 Å². The van der Waals surface area contributed by atoms with E-state index in [2.05, 4.69) is 5.32 Å². The molecule has 230 valence electrons. The smallest absolute Gasteiger partial charge is 0.264 e. The lowest BCUT2D eigenvalue weighted by molar-refractivity contribution is -0.139. The van der Waals surface area contributed by atoms with Crippen molar-refractivity contribution >= 4 is 50.7 Å². The van der Waals surface area contributed by atoms with Gasteiger partial charge in [-0.25, -0.2) is 8.42 Å². The number of nitrogens with one attached hydrogen (secondary N) is 1. The van der Waals surface area contributed by atoms with Crippen LogP contribution in [-0.2, 0) is 26.2 Å². The molecule has 43 heavy (non-hydrogen) atoms. The molecule has 8 nitrogen and oxygen atoms in total. The number of hydrogen-bond acceptors (Lipinski definition) is 5. The second kappa shape index (κ2) is 14.5. The second-order valence-electron chi connectivity index (χ2n) is 10.8. The van der Waals surface area contributed by atoms with Gasteiger partial charge in [0.25, 0.3) is 10.0 Å². The van der Waals surface area contributed by atoms with Crippen molar-refractivity contribution in [2.24, 2.45) is 0 Å². The summed E-state index contributed by atoms with van der Waals surface area (Å²) < 4.78 is 34.3. The molecule has 3 aromatic carbocycles. The zero-order valence-corrected chi connectivity index (χ0v) is 26.9. The van der Waals surface area contributed by atoms with Crippen LogP contribution in [0.1, 0.15) is 50.2 Å². The van der Waals surface area contributed by atoms with Gasteiger partial charge in [0.1, 0.15) is 18.3 Å². The predicted molar refractivity (Wildman–Crippen MR) is 170 cm³/mol. The maximum absolute atomic E-state index is 14.2. The highest BCUT2D eigenvalue weighted by atomic mass is 35.5. The largest absolute Gasteiger partial charge is 0.495 e. The van der Waals surface area contributed by atoms with Crippen LogP contribution in [0.25, 0.3) is 0 Å². The molecule has 0 bridgehead atoms. The van der Waals surface area contributed by atoms with Crippen LogP contribution < -0.4 is 14.4 Å². The first kappa shape index (κ1) is 32.6. The van der Waals surface area contributed by atoms with E-state index in [1.165, 1.54) is 36.3 Å². The number of rotatable bonds is 11. The number of ether oxygens (including phenoxy) is 1. The molecule has 0 saturated heterocycles. The molecule has 1 fully saturated rings. The van der Waals surface area contributed by atoms with Crippen LogP contribution in [0.2, 0.25) is 10.0 Å². The van der Waals surface area contributed by atoms with Gasteiger partial charge in [-0.1, -0.05) is 78.4 Å². The number of benzene rings is 3. The van der Waals surface area contributed by atoms with Gasteiger partial charge in [-0.05, 0) is 68.7 Å².